The van der Waals surface area contributed by atoms with E-state index >= 15 is 0 Å². The maximum atomic E-state index is 11.7. The largest absolute Gasteiger partial charge is 0.500 e. The number of aliphatic hydroxyl groups excluding tert-OH is 1. The molecule has 48 heavy (non-hydrogen) atoms. The van der Waals surface area contributed by atoms with Crippen molar-refractivity contribution in [1.29, 1.82) is 0 Å². The fraction of sp³-hybridized carbons (Fsp3) is 0.735. The summed E-state index contributed by atoms with van der Waals surface area (Å²) < 4.78 is 45.7. The van der Waals surface area contributed by atoms with E-state index in [4.69, 9.17) is 43.5 Å². The first-order valence-electron chi connectivity index (χ1n) is 18.0. The molecule has 0 bridgehead atoms. The van der Waals surface area contributed by atoms with Gasteiger partial charge in [-0.2, -0.15) is 0 Å². The molecule has 0 spiro atoms. The summed E-state index contributed by atoms with van der Waals surface area (Å²) in [6.45, 7) is 17.1. The smallest absolute Gasteiger partial charge is 0.449 e. The molecule has 1 amide bonds. The number of nitrogens with one attached hydrogen (secondary N) is 1. The number of nitrogens with two attached hydrogens (primary N) is 1. The lowest BCUT2D eigenvalue weighted by molar-refractivity contribution is 0.0700. The maximum Gasteiger partial charge on any atom is 0.500 e. The number of halogens is 1. The van der Waals surface area contributed by atoms with Gasteiger partial charge in [-0.15, -0.1) is 0 Å². The lowest BCUT2D eigenvalue weighted by Crippen LogP contribution is -2.46. The van der Waals surface area contributed by atoms with Gasteiger partial charge in [0.05, 0.1) is 6.61 Å². The van der Waals surface area contributed by atoms with Crippen molar-refractivity contribution in [2.75, 3.05) is 70.9 Å². The average Bonchev–Trinajstić information content (AvgIpc) is 3.11. The molecule has 2 rings (SSSR count). The molecule has 4 N–H and O–H groups in total. The zero-order chi connectivity index (χ0) is 37.1. The quantitative estimate of drug-likeness (QED) is 0.0461. The standard InChI is InChI=1S/C17H31NO5Si.C9H23NO3Si.C7H10O.CH3I/c1-4-21-24(22-5-2,23-6-3)14-10-13-18-17(19)20-15-16-11-8-7-9-12-16;1-4-11-14(12-5-2,13-6-3)9-7-8-10;8-6-7-4-2-1-3-5-7;1-2/h7-9,11,16H,4-6,10,12-15H2,1-3H3,(H,18,19);4-10H2,1-3H3;1-4,7-8H,5-6H2;1H3/i;;;1D. The molecule has 11 nitrogen and oxygen atoms in total. The van der Waals surface area contributed by atoms with Crippen LogP contribution in [0.1, 0.15) is 68.6 Å². The van der Waals surface area contributed by atoms with Crippen LogP contribution in [0, 0.1) is 11.8 Å². The van der Waals surface area contributed by atoms with Gasteiger partial charge in [-0.25, -0.2) is 4.79 Å². The number of hydrogen-bond donors (Lipinski definition) is 3. The predicted octanol–water partition coefficient (Wildman–Crippen LogP) is 6.83. The summed E-state index contributed by atoms with van der Waals surface area (Å²) in [5, 5.41) is 11.4. The van der Waals surface area contributed by atoms with Gasteiger partial charge in [-0.3, -0.25) is 0 Å². The molecular formula is C34H67IN2O9Si2. The van der Waals surface area contributed by atoms with Gasteiger partial charge in [-0.1, -0.05) is 71.2 Å². The van der Waals surface area contributed by atoms with Crippen molar-refractivity contribution >= 4 is 46.3 Å². The molecule has 2 unspecified atom stereocenters. The third kappa shape index (κ3) is 25.1. The highest BCUT2D eigenvalue weighted by atomic mass is 127. The highest BCUT2D eigenvalue weighted by molar-refractivity contribution is 14.1. The summed E-state index contributed by atoms with van der Waals surface area (Å²) in [4.78, 5) is 12.2. The lowest BCUT2D eigenvalue weighted by atomic mass is 10.0. The second-order valence-electron chi connectivity index (χ2n) is 10.3. The second-order valence-corrected chi connectivity index (χ2v) is 15.7. The number of amides is 1. The van der Waals surface area contributed by atoms with Gasteiger partial charge >= 0.3 is 23.7 Å². The maximum absolute atomic E-state index is 11.7. The van der Waals surface area contributed by atoms with Crippen LogP contribution >= 0.6 is 22.6 Å². The van der Waals surface area contributed by atoms with E-state index in [2.05, 4.69) is 23.5 Å². The first-order valence-corrected chi connectivity index (χ1v) is 22.7. The SMILES string of the molecule is CCO[Si](CCCN)(OCC)OCC.CCO[Si](CCCNC(=O)OCC1C=CC=CC1)(OCC)OCC.OCC1C=CC=CC1.[2H]CI. The van der Waals surface area contributed by atoms with Gasteiger partial charge in [0.2, 0.25) is 0 Å². The van der Waals surface area contributed by atoms with E-state index < -0.39 is 17.6 Å². The molecule has 14 heteroatoms. The third-order valence-electron chi connectivity index (χ3n) is 6.60. The van der Waals surface area contributed by atoms with E-state index in [1.54, 1.807) is 0 Å². The molecule has 0 aromatic carbocycles. The molecule has 0 aromatic rings. The van der Waals surface area contributed by atoms with Crippen LogP contribution in [0.2, 0.25) is 12.1 Å². The molecular weight excluding hydrogens is 763 g/mol. The first kappa shape index (κ1) is 47.1. The van der Waals surface area contributed by atoms with E-state index in [1.165, 1.54) is 0 Å². The minimum absolute atomic E-state index is 0.273. The van der Waals surface area contributed by atoms with Crippen LogP contribution in [-0.2, 0) is 31.3 Å². The minimum atomic E-state index is -2.62. The van der Waals surface area contributed by atoms with Crippen molar-refractivity contribution in [3.8, 4) is 0 Å². The van der Waals surface area contributed by atoms with E-state index in [1.807, 2.05) is 94.5 Å². The molecule has 282 valence electrons. The van der Waals surface area contributed by atoms with Crippen molar-refractivity contribution < 1.29 is 42.6 Å². The third-order valence-corrected chi connectivity index (χ3v) is 12.9. The van der Waals surface area contributed by atoms with Crippen molar-refractivity contribution in [3.63, 3.8) is 0 Å². The van der Waals surface area contributed by atoms with Crippen LogP contribution in [0.4, 0.5) is 4.79 Å². The molecule has 2 atom stereocenters. The molecule has 0 heterocycles. The fourth-order valence-corrected chi connectivity index (χ4v) is 9.82. The lowest BCUT2D eigenvalue weighted by Gasteiger charge is -2.28. The number of hydrogen-bond acceptors (Lipinski definition) is 10. The number of rotatable bonds is 22. The Bertz CT molecular complexity index is 855. The molecule has 0 saturated carbocycles. The summed E-state index contributed by atoms with van der Waals surface area (Å²) in [6, 6.07) is 1.50. The number of carbonyl (C=O) groups is 1. The number of allylic oxidation sites excluding steroid dienone is 6. The Morgan fingerprint density at radius 1 is 0.792 bits per heavy atom. The van der Waals surface area contributed by atoms with Gasteiger partial charge in [0, 0.05) is 78.1 Å². The fourth-order valence-electron chi connectivity index (χ4n) is 4.57. The van der Waals surface area contributed by atoms with Crippen LogP contribution in [-0.4, -0.2) is 99.7 Å². The first-order chi connectivity index (χ1) is 23.7. The number of carbonyl (C=O) groups excluding carboxylic acids is 1. The Balaban J connectivity index is 0. The Morgan fingerprint density at radius 3 is 1.54 bits per heavy atom. The molecule has 0 aliphatic heterocycles. The van der Waals surface area contributed by atoms with E-state index in [0.29, 0.717) is 76.2 Å². The topological polar surface area (TPSA) is 140 Å². The van der Waals surface area contributed by atoms with E-state index in [-0.39, 0.29) is 18.6 Å². The Morgan fingerprint density at radius 2 is 1.21 bits per heavy atom. The molecule has 2 aliphatic carbocycles. The van der Waals surface area contributed by atoms with Gasteiger partial charge in [0.15, 0.2) is 0 Å². The zero-order valence-electron chi connectivity index (χ0n) is 31.5. The van der Waals surface area contributed by atoms with Crippen molar-refractivity contribution in [2.45, 2.75) is 79.3 Å². The molecule has 0 radical (unpaired) electrons. The summed E-state index contributed by atoms with van der Waals surface area (Å²) in [7, 11) is -5.02. The molecule has 2 aliphatic rings. The van der Waals surface area contributed by atoms with Gasteiger partial charge < -0.3 is 47.4 Å². The van der Waals surface area contributed by atoms with Crippen LogP contribution in [0.5, 0.6) is 0 Å². The van der Waals surface area contributed by atoms with Crippen LogP contribution in [0.25, 0.3) is 0 Å². The summed E-state index contributed by atoms with van der Waals surface area (Å²) in [5.41, 5.74) is 5.48. The van der Waals surface area contributed by atoms with Crippen molar-refractivity contribution in [3.05, 3.63) is 48.6 Å². The summed E-state index contributed by atoms with van der Waals surface area (Å²) in [6.07, 6.45) is 19.3. The highest BCUT2D eigenvalue weighted by Crippen LogP contribution is 2.19. The van der Waals surface area contributed by atoms with Gasteiger partial charge in [-0.05, 0) is 78.7 Å². The molecule has 0 fully saturated rings. The number of ether oxygens (including phenoxy) is 1. The zero-order valence-corrected chi connectivity index (χ0v) is 34.6. The second kappa shape index (κ2) is 34.5. The van der Waals surface area contributed by atoms with Crippen molar-refractivity contribution in [2.24, 2.45) is 17.6 Å². The van der Waals surface area contributed by atoms with Crippen LogP contribution < -0.4 is 11.1 Å². The van der Waals surface area contributed by atoms with Crippen LogP contribution in [0.3, 0.4) is 0 Å². The van der Waals surface area contributed by atoms with Gasteiger partial charge in [0.1, 0.15) is 0 Å². The minimum Gasteiger partial charge on any atom is -0.449 e. The van der Waals surface area contributed by atoms with Crippen molar-refractivity contribution in [1.82, 2.24) is 5.32 Å². The highest BCUT2D eigenvalue weighted by Gasteiger charge is 2.40. The monoisotopic (exact) mass is 831 g/mol. The molecule has 0 aromatic heterocycles. The summed E-state index contributed by atoms with van der Waals surface area (Å²) in [5.74, 6) is 0.648. The van der Waals surface area contributed by atoms with Crippen LogP contribution in [0.15, 0.2) is 48.6 Å². The van der Waals surface area contributed by atoms with E-state index in [0.717, 1.165) is 31.7 Å². The Labute approximate surface area is 309 Å². The normalized spacial score (nSPS) is 16.8. The summed E-state index contributed by atoms with van der Waals surface area (Å²) >= 11 is 1.96. The number of aliphatic hydroxyl groups is 1. The average molecular weight is 832 g/mol. The molecule has 0 saturated heterocycles. The Hall–Kier alpha value is -0.926. The Kier molecular flexibility index (Phi) is 33.9. The number of alkyl carbamates (subject to hydrolysis) is 1. The van der Waals surface area contributed by atoms with E-state index in [9.17, 15) is 4.79 Å². The predicted molar refractivity (Wildman–Crippen MR) is 208 cm³/mol. The van der Waals surface area contributed by atoms with Gasteiger partial charge in [0.25, 0.3) is 0 Å². The number of alkyl halides is 1.